The summed E-state index contributed by atoms with van der Waals surface area (Å²) in [5.41, 5.74) is 0.801. The number of carbonyl (C=O) groups is 1. The smallest absolute Gasteiger partial charge is 0.316 e. The minimum absolute atomic E-state index is 0.214. The molecule has 0 aliphatic rings. The van der Waals surface area contributed by atoms with Crippen LogP contribution < -0.4 is 0 Å². The van der Waals surface area contributed by atoms with Gasteiger partial charge in [0.15, 0.2) is 0 Å². The fourth-order valence-corrected chi connectivity index (χ4v) is 1.77. The summed E-state index contributed by atoms with van der Waals surface area (Å²) in [6, 6.07) is 5.94. The lowest BCUT2D eigenvalue weighted by atomic mass is 10.2. The van der Waals surface area contributed by atoms with Crippen molar-refractivity contribution in [2.75, 3.05) is 11.5 Å². The Balaban J connectivity index is 2.23. The molecule has 0 heterocycles. The Morgan fingerprint density at radius 1 is 1.38 bits per heavy atom. The average Bonchev–Trinajstić information content (AvgIpc) is 2.29. The first-order valence-electron chi connectivity index (χ1n) is 5.20. The van der Waals surface area contributed by atoms with Crippen LogP contribution >= 0.6 is 11.8 Å². The Bertz CT molecular complexity index is 324. The highest BCUT2D eigenvalue weighted by Gasteiger charge is 2.03. The molecule has 0 saturated heterocycles. The number of rotatable bonds is 6. The molecule has 4 heteroatoms. The first-order valence-corrected chi connectivity index (χ1v) is 6.35. The standard InChI is InChI=1S/C12H15FO2S/c1-2-7-16-9-12(14)15-8-10-3-5-11(13)6-4-10/h3-6H,2,7-9H2,1H3. The van der Waals surface area contributed by atoms with Crippen LogP contribution in [0.25, 0.3) is 0 Å². The second-order valence-corrected chi connectivity index (χ2v) is 4.44. The van der Waals surface area contributed by atoms with E-state index in [0.717, 1.165) is 17.7 Å². The van der Waals surface area contributed by atoms with E-state index >= 15 is 0 Å². The lowest BCUT2D eigenvalue weighted by Gasteiger charge is -2.04. The van der Waals surface area contributed by atoms with E-state index in [4.69, 9.17) is 4.74 Å². The molecule has 0 spiro atoms. The second kappa shape index (κ2) is 7.28. The van der Waals surface area contributed by atoms with Crippen LogP contribution in [0.5, 0.6) is 0 Å². The first-order chi connectivity index (χ1) is 7.72. The van der Waals surface area contributed by atoms with E-state index < -0.39 is 0 Å². The molecule has 0 radical (unpaired) electrons. The summed E-state index contributed by atoms with van der Waals surface area (Å²) >= 11 is 1.56. The molecule has 0 amide bonds. The topological polar surface area (TPSA) is 26.3 Å². The highest BCUT2D eigenvalue weighted by Crippen LogP contribution is 2.06. The molecule has 88 valence electrons. The van der Waals surface area contributed by atoms with Gasteiger partial charge in [-0.05, 0) is 29.9 Å². The summed E-state index contributed by atoms with van der Waals surface area (Å²) in [4.78, 5) is 11.2. The number of ether oxygens (including phenoxy) is 1. The number of carbonyl (C=O) groups excluding carboxylic acids is 1. The zero-order valence-electron chi connectivity index (χ0n) is 9.24. The third-order valence-corrected chi connectivity index (χ3v) is 3.02. The maximum Gasteiger partial charge on any atom is 0.316 e. The summed E-state index contributed by atoms with van der Waals surface area (Å²) in [6.45, 7) is 2.28. The summed E-state index contributed by atoms with van der Waals surface area (Å²) < 4.78 is 17.6. The molecular formula is C12H15FO2S. The van der Waals surface area contributed by atoms with E-state index in [2.05, 4.69) is 6.92 Å². The third-order valence-electron chi connectivity index (χ3n) is 1.88. The Labute approximate surface area is 99.2 Å². The van der Waals surface area contributed by atoms with Gasteiger partial charge in [-0.25, -0.2) is 4.39 Å². The average molecular weight is 242 g/mol. The van der Waals surface area contributed by atoms with Crippen molar-refractivity contribution in [1.29, 1.82) is 0 Å². The predicted octanol–water partition coefficient (Wildman–Crippen LogP) is 3.01. The van der Waals surface area contributed by atoms with Gasteiger partial charge in [-0.1, -0.05) is 19.1 Å². The zero-order chi connectivity index (χ0) is 11.8. The van der Waals surface area contributed by atoms with Crippen LogP contribution in [-0.2, 0) is 16.1 Å². The number of halogens is 1. The molecular weight excluding hydrogens is 227 g/mol. The molecule has 1 rings (SSSR count). The molecule has 0 unspecified atom stereocenters. The van der Waals surface area contributed by atoms with Gasteiger partial charge in [0.25, 0.3) is 0 Å². The van der Waals surface area contributed by atoms with Crippen molar-refractivity contribution in [3.05, 3.63) is 35.6 Å². The molecule has 1 aromatic rings. The van der Waals surface area contributed by atoms with Crippen LogP contribution in [0.1, 0.15) is 18.9 Å². The molecule has 1 aromatic carbocycles. The third kappa shape index (κ3) is 5.16. The highest BCUT2D eigenvalue weighted by molar-refractivity contribution is 7.99. The van der Waals surface area contributed by atoms with Gasteiger partial charge in [0.1, 0.15) is 12.4 Å². The minimum atomic E-state index is -0.284. The largest absolute Gasteiger partial charge is 0.460 e. The maximum atomic E-state index is 12.6. The molecule has 0 fully saturated rings. The van der Waals surface area contributed by atoms with Crippen LogP contribution in [-0.4, -0.2) is 17.5 Å². The molecule has 0 bridgehead atoms. The SMILES string of the molecule is CCCSCC(=O)OCc1ccc(F)cc1. The van der Waals surface area contributed by atoms with Crippen LogP contribution in [0, 0.1) is 5.82 Å². The van der Waals surface area contributed by atoms with Gasteiger partial charge < -0.3 is 4.74 Å². The van der Waals surface area contributed by atoms with Gasteiger partial charge >= 0.3 is 5.97 Å². The zero-order valence-corrected chi connectivity index (χ0v) is 10.1. The van der Waals surface area contributed by atoms with Crippen LogP contribution in [0.4, 0.5) is 4.39 Å². The van der Waals surface area contributed by atoms with Crippen molar-refractivity contribution in [3.8, 4) is 0 Å². The number of hydrogen-bond donors (Lipinski definition) is 0. The first kappa shape index (κ1) is 13.0. The molecule has 0 atom stereocenters. The summed E-state index contributed by atoms with van der Waals surface area (Å²) in [6.07, 6.45) is 1.05. The Morgan fingerprint density at radius 2 is 2.06 bits per heavy atom. The normalized spacial score (nSPS) is 10.1. The van der Waals surface area contributed by atoms with Gasteiger partial charge in [-0.15, -0.1) is 0 Å². The lowest BCUT2D eigenvalue weighted by molar-refractivity contribution is -0.141. The van der Waals surface area contributed by atoms with E-state index in [9.17, 15) is 9.18 Å². The van der Waals surface area contributed by atoms with Gasteiger partial charge in [-0.3, -0.25) is 4.79 Å². The van der Waals surface area contributed by atoms with Gasteiger partial charge in [0.05, 0.1) is 5.75 Å². The van der Waals surface area contributed by atoms with Crippen molar-refractivity contribution in [2.45, 2.75) is 20.0 Å². The van der Waals surface area contributed by atoms with Crippen LogP contribution in [0.15, 0.2) is 24.3 Å². The summed E-state index contributed by atoms with van der Waals surface area (Å²) in [7, 11) is 0. The number of esters is 1. The van der Waals surface area contributed by atoms with Gasteiger partial charge in [-0.2, -0.15) is 11.8 Å². The van der Waals surface area contributed by atoms with E-state index in [1.165, 1.54) is 12.1 Å². The molecule has 0 aliphatic heterocycles. The fraction of sp³-hybridized carbons (Fsp3) is 0.417. The number of benzene rings is 1. The Morgan fingerprint density at radius 3 is 2.69 bits per heavy atom. The van der Waals surface area contributed by atoms with E-state index in [-0.39, 0.29) is 18.4 Å². The molecule has 2 nitrogen and oxygen atoms in total. The maximum absolute atomic E-state index is 12.6. The quantitative estimate of drug-likeness (QED) is 0.566. The summed E-state index contributed by atoms with van der Waals surface area (Å²) in [5.74, 6) is 0.845. The second-order valence-electron chi connectivity index (χ2n) is 3.34. The lowest BCUT2D eigenvalue weighted by Crippen LogP contribution is -2.07. The van der Waals surface area contributed by atoms with Crippen molar-refractivity contribution in [3.63, 3.8) is 0 Å². The Hall–Kier alpha value is -1.03. The van der Waals surface area contributed by atoms with Gasteiger partial charge in [0.2, 0.25) is 0 Å². The van der Waals surface area contributed by atoms with Gasteiger partial charge in [0, 0.05) is 0 Å². The van der Waals surface area contributed by atoms with Crippen molar-refractivity contribution in [1.82, 2.24) is 0 Å². The molecule has 0 aliphatic carbocycles. The van der Waals surface area contributed by atoms with E-state index in [0.29, 0.717) is 5.75 Å². The van der Waals surface area contributed by atoms with Crippen molar-refractivity contribution < 1.29 is 13.9 Å². The number of thioether (sulfide) groups is 1. The molecule has 16 heavy (non-hydrogen) atoms. The van der Waals surface area contributed by atoms with E-state index in [1.54, 1.807) is 23.9 Å². The van der Waals surface area contributed by atoms with Crippen LogP contribution in [0.2, 0.25) is 0 Å². The van der Waals surface area contributed by atoms with Crippen molar-refractivity contribution in [2.24, 2.45) is 0 Å². The fourth-order valence-electron chi connectivity index (χ4n) is 1.09. The molecule has 0 saturated carbocycles. The minimum Gasteiger partial charge on any atom is -0.460 e. The molecule has 0 aromatic heterocycles. The van der Waals surface area contributed by atoms with Crippen molar-refractivity contribution >= 4 is 17.7 Å². The Kier molecular flexibility index (Phi) is 5.93. The number of hydrogen-bond acceptors (Lipinski definition) is 3. The summed E-state index contributed by atoms with van der Waals surface area (Å²) in [5, 5.41) is 0. The van der Waals surface area contributed by atoms with Crippen LogP contribution in [0.3, 0.4) is 0 Å². The predicted molar refractivity (Wildman–Crippen MR) is 63.8 cm³/mol. The monoisotopic (exact) mass is 242 g/mol. The highest BCUT2D eigenvalue weighted by atomic mass is 32.2. The van der Waals surface area contributed by atoms with E-state index in [1.807, 2.05) is 0 Å². The molecule has 0 N–H and O–H groups in total.